The molecular weight excluding hydrogens is 154 g/mol. The third-order valence-electron chi connectivity index (χ3n) is 2.61. The largest absolute Gasteiger partial charge is 0.444 e. The van der Waals surface area contributed by atoms with Gasteiger partial charge in [0.25, 0.3) is 0 Å². The SMILES string of the molecule is C=CC[C@H]1OC(=O)N2CCC[C@@H]12. The van der Waals surface area contributed by atoms with Crippen molar-refractivity contribution in [3.63, 3.8) is 0 Å². The number of hydrogen-bond donors (Lipinski definition) is 0. The number of rotatable bonds is 2. The van der Waals surface area contributed by atoms with Crippen LogP contribution in [0.15, 0.2) is 12.7 Å². The van der Waals surface area contributed by atoms with Gasteiger partial charge in [0.2, 0.25) is 0 Å². The van der Waals surface area contributed by atoms with Crippen molar-refractivity contribution in [1.82, 2.24) is 4.90 Å². The minimum absolute atomic E-state index is 0.0671. The summed E-state index contributed by atoms with van der Waals surface area (Å²) in [6, 6.07) is 0.329. The zero-order chi connectivity index (χ0) is 8.55. The van der Waals surface area contributed by atoms with Crippen LogP contribution < -0.4 is 0 Å². The summed E-state index contributed by atoms with van der Waals surface area (Å²) >= 11 is 0. The number of carbonyl (C=O) groups is 1. The van der Waals surface area contributed by atoms with E-state index < -0.39 is 0 Å². The lowest BCUT2D eigenvalue weighted by molar-refractivity contribution is 0.127. The van der Waals surface area contributed by atoms with E-state index in [1.165, 1.54) is 0 Å². The molecular formula is C9H13NO2. The summed E-state index contributed by atoms with van der Waals surface area (Å²) < 4.78 is 5.18. The van der Waals surface area contributed by atoms with Gasteiger partial charge >= 0.3 is 6.09 Å². The van der Waals surface area contributed by atoms with Gasteiger partial charge in [0.15, 0.2) is 0 Å². The van der Waals surface area contributed by atoms with Crippen LogP contribution >= 0.6 is 0 Å². The van der Waals surface area contributed by atoms with E-state index in [9.17, 15) is 4.79 Å². The molecule has 0 bridgehead atoms. The van der Waals surface area contributed by atoms with E-state index >= 15 is 0 Å². The van der Waals surface area contributed by atoms with Crippen LogP contribution in [0.3, 0.4) is 0 Å². The Labute approximate surface area is 72.0 Å². The number of ether oxygens (including phenoxy) is 1. The molecule has 66 valence electrons. The van der Waals surface area contributed by atoms with Crippen molar-refractivity contribution in [2.75, 3.05) is 6.54 Å². The van der Waals surface area contributed by atoms with Gasteiger partial charge in [-0.05, 0) is 12.8 Å². The van der Waals surface area contributed by atoms with E-state index in [0.717, 1.165) is 25.8 Å². The molecule has 2 saturated heterocycles. The summed E-state index contributed by atoms with van der Waals surface area (Å²) in [5.74, 6) is 0. The van der Waals surface area contributed by atoms with Crippen molar-refractivity contribution < 1.29 is 9.53 Å². The van der Waals surface area contributed by atoms with Gasteiger partial charge in [-0.3, -0.25) is 0 Å². The minimum atomic E-state index is -0.135. The van der Waals surface area contributed by atoms with Gasteiger partial charge in [-0.2, -0.15) is 0 Å². The average Bonchev–Trinajstić information content (AvgIpc) is 2.58. The predicted molar refractivity (Wildman–Crippen MR) is 44.8 cm³/mol. The Morgan fingerprint density at radius 3 is 3.33 bits per heavy atom. The van der Waals surface area contributed by atoms with Crippen LogP contribution in [0.1, 0.15) is 19.3 Å². The van der Waals surface area contributed by atoms with Crippen LogP contribution in [-0.4, -0.2) is 29.7 Å². The fraction of sp³-hybridized carbons (Fsp3) is 0.667. The summed E-state index contributed by atoms with van der Waals surface area (Å²) in [7, 11) is 0. The topological polar surface area (TPSA) is 29.5 Å². The maximum atomic E-state index is 11.2. The normalized spacial score (nSPS) is 33.3. The maximum Gasteiger partial charge on any atom is 0.410 e. The molecule has 0 aromatic rings. The van der Waals surface area contributed by atoms with Crippen LogP contribution in [0.25, 0.3) is 0 Å². The summed E-state index contributed by atoms with van der Waals surface area (Å²) in [6.07, 6.45) is 4.74. The number of cyclic esters (lactones) is 1. The smallest absolute Gasteiger partial charge is 0.410 e. The third-order valence-corrected chi connectivity index (χ3v) is 2.61. The summed E-state index contributed by atoms with van der Waals surface area (Å²) in [5.41, 5.74) is 0. The highest BCUT2D eigenvalue weighted by atomic mass is 16.6. The van der Waals surface area contributed by atoms with Crippen LogP contribution in [0, 0.1) is 0 Å². The number of fused-ring (bicyclic) bond motifs is 1. The quantitative estimate of drug-likeness (QED) is 0.584. The molecule has 0 aromatic heterocycles. The minimum Gasteiger partial charge on any atom is -0.444 e. The van der Waals surface area contributed by atoms with E-state index in [1.807, 2.05) is 11.0 Å². The molecule has 0 aromatic carbocycles. The van der Waals surface area contributed by atoms with Crippen LogP contribution in [0.5, 0.6) is 0 Å². The molecule has 1 amide bonds. The van der Waals surface area contributed by atoms with Gasteiger partial charge in [-0.15, -0.1) is 6.58 Å². The molecule has 0 saturated carbocycles. The van der Waals surface area contributed by atoms with Gasteiger partial charge in [-0.25, -0.2) is 4.79 Å². The zero-order valence-corrected chi connectivity index (χ0v) is 7.03. The van der Waals surface area contributed by atoms with Gasteiger partial charge in [0, 0.05) is 13.0 Å². The second kappa shape index (κ2) is 2.81. The standard InChI is InChI=1S/C9H13NO2/c1-2-4-8-7-5-3-6-10(7)9(11)12-8/h2,7-8H,1,3-6H2/t7-,8+/m0/s1. The fourth-order valence-corrected chi connectivity index (χ4v) is 2.05. The van der Waals surface area contributed by atoms with Crippen molar-refractivity contribution in [3.8, 4) is 0 Å². The highest BCUT2D eigenvalue weighted by molar-refractivity contribution is 5.71. The Balaban J connectivity index is 2.09. The zero-order valence-electron chi connectivity index (χ0n) is 7.03. The number of carbonyl (C=O) groups excluding carboxylic acids is 1. The van der Waals surface area contributed by atoms with Crippen molar-refractivity contribution in [2.24, 2.45) is 0 Å². The van der Waals surface area contributed by atoms with E-state index in [4.69, 9.17) is 4.74 Å². The van der Waals surface area contributed by atoms with Crippen LogP contribution in [-0.2, 0) is 4.74 Å². The second-order valence-electron chi connectivity index (χ2n) is 3.35. The van der Waals surface area contributed by atoms with Gasteiger partial charge < -0.3 is 9.64 Å². The first kappa shape index (κ1) is 7.65. The fourth-order valence-electron chi connectivity index (χ4n) is 2.05. The Kier molecular flexibility index (Phi) is 1.79. The molecule has 2 rings (SSSR count). The van der Waals surface area contributed by atoms with Gasteiger partial charge in [-0.1, -0.05) is 6.08 Å². The molecule has 0 radical (unpaired) electrons. The van der Waals surface area contributed by atoms with Gasteiger partial charge in [0.05, 0.1) is 6.04 Å². The van der Waals surface area contributed by atoms with Crippen LogP contribution in [0.2, 0.25) is 0 Å². The van der Waals surface area contributed by atoms with Crippen molar-refractivity contribution in [1.29, 1.82) is 0 Å². The monoisotopic (exact) mass is 167 g/mol. The molecule has 2 heterocycles. The molecule has 3 nitrogen and oxygen atoms in total. The molecule has 0 unspecified atom stereocenters. The first-order chi connectivity index (χ1) is 5.83. The Morgan fingerprint density at radius 1 is 1.75 bits per heavy atom. The average molecular weight is 167 g/mol. The Morgan fingerprint density at radius 2 is 2.58 bits per heavy atom. The maximum absolute atomic E-state index is 11.2. The van der Waals surface area contributed by atoms with Crippen LogP contribution in [0.4, 0.5) is 4.79 Å². The number of nitrogens with zero attached hydrogens (tertiary/aromatic N) is 1. The first-order valence-corrected chi connectivity index (χ1v) is 4.41. The van der Waals surface area contributed by atoms with Gasteiger partial charge in [0.1, 0.15) is 6.10 Å². The molecule has 2 fully saturated rings. The van der Waals surface area contributed by atoms with Crippen molar-refractivity contribution in [2.45, 2.75) is 31.4 Å². The lowest BCUT2D eigenvalue weighted by atomic mass is 10.1. The molecule has 2 aliphatic rings. The number of amides is 1. The summed E-state index contributed by atoms with van der Waals surface area (Å²) in [4.78, 5) is 13.1. The number of hydrogen-bond acceptors (Lipinski definition) is 2. The summed E-state index contributed by atoms with van der Waals surface area (Å²) in [5, 5.41) is 0. The second-order valence-corrected chi connectivity index (χ2v) is 3.35. The Bertz CT molecular complexity index is 215. The van der Waals surface area contributed by atoms with E-state index in [-0.39, 0.29) is 12.2 Å². The lowest BCUT2D eigenvalue weighted by Gasteiger charge is -2.13. The van der Waals surface area contributed by atoms with E-state index in [2.05, 4.69) is 6.58 Å². The van der Waals surface area contributed by atoms with E-state index in [0.29, 0.717) is 6.04 Å². The molecule has 0 N–H and O–H groups in total. The molecule has 0 aliphatic carbocycles. The molecule has 12 heavy (non-hydrogen) atoms. The highest BCUT2D eigenvalue weighted by Gasteiger charge is 2.43. The molecule has 2 aliphatic heterocycles. The first-order valence-electron chi connectivity index (χ1n) is 4.41. The summed E-state index contributed by atoms with van der Waals surface area (Å²) in [6.45, 7) is 4.53. The van der Waals surface area contributed by atoms with E-state index in [1.54, 1.807) is 0 Å². The molecule has 2 atom stereocenters. The Hall–Kier alpha value is -0.990. The van der Waals surface area contributed by atoms with Crippen molar-refractivity contribution in [3.05, 3.63) is 12.7 Å². The lowest BCUT2D eigenvalue weighted by Crippen LogP contribution is -2.30. The third kappa shape index (κ3) is 1.00. The predicted octanol–water partition coefficient (Wildman–Crippen LogP) is 1.55. The highest BCUT2D eigenvalue weighted by Crippen LogP contribution is 2.30. The molecule has 0 spiro atoms. The molecule has 3 heteroatoms. The van der Waals surface area contributed by atoms with Crippen molar-refractivity contribution >= 4 is 6.09 Å².